The Balaban J connectivity index is 0.00000289. The number of carbonyl (C=O) groups is 1. The number of nitrogens with zero attached hydrogens (tertiary/aromatic N) is 1. The maximum atomic E-state index is 12.0. The molecule has 108 valence electrons. The van der Waals surface area contributed by atoms with Crippen molar-refractivity contribution in [2.75, 3.05) is 26.9 Å². The first-order chi connectivity index (χ1) is 7.83. The lowest BCUT2D eigenvalue weighted by atomic mass is 9.73. The van der Waals surface area contributed by atoms with Gasteiger partial charge >= 0.3 is 6.09 Å². The van der Waals surface area contributed by atoms with Crippen LogP contribution in [0.1, 0.15) is 40.5 Å². The molecule has 0 aromatic rings. The van der Waals surface area contributed by atoms with Crippen LogP contribution in [-0.4, -0.2) is 43.4 Å². The van der Waals surface area contributed by atoms with E-state index in [1.165, 1.54) is 0 Å². The van der Waals surface area contributed by atoms with Gasteiger partial charge in [0.2, 0.25) is 0 Å². The summed E-state index contributed by atoms with van der Waals surface area (Å²) < 4.78 is 10.1. The van der Waals surface area contributed by atoms with E-state index in [1.807, 2.05) is 4.90 Å². The molecule has 1 saturated heterocycles. The lowest BCUT2D eigenvalue weighted by Crippen LogP contribution is -2.53. The molecular weight excluding hydrogens is 250 g/mol. The maximum absolute atomic E-state index is 12.0. The Morgan fingerprint density at radius 3 is 2.44 bits per heavy atom. The molecule has 1 aliphatic rings. The molecule has 0 spiro atoms. The molecule has 1 heterocycles. The standard InChI is InChI=1S/C13H25NO3.H2S/c1-12(2,3)13(4)7-6-8-14(13)11(15)17-10-9-16-5;/h6-10H2,1-5H3;1H2/t13-;/m0./s1. The van der Waals surface area contributed by atoms with Gasteiger partial charge in [0.05, 0.1) is 6.61 Å². The molecule has 1 rings (SSSR count). The van der Waals surface area contributed by atoms with E-state index < -0.39 is 0 Å². The van der Waals surface area contributed by atoms with Crippen LogP contribution in [0.3, 0.4) is 0 Å². The van der Waals surface area contributed by atoms with Crippen molar-refractivity contribution in [2.24, 2.45) is 5.41 Å². The predicted octanol–water partition coefficient (Wildman–Crippen LogP) is 2.78. The second-order valence-corrected chi connectivity index (χ2v) is 5.89. The van der Waals surface area contributed by atoms with Gasteiger partial charge in [0.1, 0.15) is 6.61 Å². The quantitative estimate of drug-likeness (QED) is 0.745. The summed E-state index contributed by atoms with van der Waals surface area (Å²) in [5, 5.41) is 0. The molecular formula is C13H27NO3S. The van der Waals surface area contributed by atoms with E-state index in [-0.39, 0.29) is 30.5 Å². The van der Waals surface area contributed by atoms with Crippen LogP contribution in [0.25, 0.3) is 0 Å². The molecule has 1 amide bonds. The molecule has 0 N–H and O–H groups in total. The molecule has 1 aliphatic heterocycles. The van der Waals surface area contributed by atoms with Gasteiger partial charge < -0.3 is 14.4 Å². The van der Waals surface area contributed by atoms with Crippen molar-refractivity contribution in [1.29, 1.82) is 0 Å². The van der Waals surface area contributed by atoms with E-state index in [1.54, 1.807) is 7.11 Å². The number of hydrogen-bond donors (Lipinski definition) is 0. The van der Waals surface area contributed by atoms with Crippen molar-refractivity contribution in [3.63, 3.8) is 0 Å². The Kier molecular flexibility index (Phi) is 6.51. The van der Waals surface area contributed by atoms with Gasteiger partial charge in [-0.25, -0.2) is 4.79 Å². The average molecular weight is 277 g/mol. The van der Waals surface area contributed by atoms with Crippen LogP contribution in [0.4, 0.5) is 4.79 Å². The van der Waals surface area contributed by atoms with Gasteiger partial charge in [0, 0.05) is 19.2 Å². The fourth-order valence-corrected chi connectivity index (χ4v) is 2.33. The number of hydrogen-bond acceptors (Lipinski definition) is 3. The number of methoxy groups -OCH3 is 1. The molecule has 4 nitrogen and oxygen atoms in total. The van der Waals surface area contributed by atoms with Gasteiger partial charge in [-0.05, 0) is 25.2 Å². The van der Waals surface area contributed by atoms with Crippen molar-refractivity contribution in [3.05, 3.63) is 0 Å². The Morgan fingerprint density at radius 1 is 1.33 bits per heavy atom. The number of rotatable bonds is 3. The summed E-state index contributed by atoms with van der Waals surface area (Å²) in [7, 11) is 1.60. The molecule has 0 aromatic carbocycles. The summed E-state index contributed by atoms with van der Waals surface area (Å²) in [4.78, 5) is 13.9. The van der Waals surface area contributed by atoms with Crippen molar-refractivity contribution in [1.82, 2.24) is 4.90 Å². The number of amides is 1. The van der Waals surface area contributed by atoms with E-state index in [9.17, 15) is 4.79 Å². The highest BCUT2D eigenvalue weighted by molar-refractivity contribution is 7.59. The molecule has 0 unspecified atom stereocenters. The highest BCUT2D eigenvalue weighted by atomic mass is 32.1. The van der Waals surface area contributed by atoms with Gasteiger partial charge in [-0.2, -0.15) is 13.5 Å². The second kappa shape index (κ2) is 6.66. The molecule has 0 aromatic heterocycles. The molecule has 0 radical (unpaired) electrons. The second-order valence-electron chi connectivity index (χ2n) is 5.89. The first-order valence-electron chi connectivity index (χ1n) is 6.26. The lowest BCUT2D eigenvalue weighted by molar-refractivity contribution is 0.0176. The van der Waals surface area contributed by atoms with Crippen LogP contribution < -0.4 is 0 Å². The van der Waals surface area contributed by atoms with Gasteiger partial charge in [0.25, 0.3) is 0 Å². The van der Waals surface area contributed by atoms with Crippen LogP contribution >= 0.6 is 13.5 Å². The smallest absolute Gasteiger partial charge is 0.410 e. The van der Waals surface area contributed by atoms with E-state index in [0.29, 0.717) is 13.2 Å². The molecule has 1 fully saturated rings. The highest BCUT2D eigenvalue weighted by Crippen LogP contribution is 2.43. The monoisotopic (exact) mass is 277 g/mol. The van der Waals surface area contributed by atoms with E-state index in [2.05, 4.69) is 27.7 Å². The third-order valence-electron chi connectivity index (χ3n) is 3.99. The lowest BCUT2D eigenvalue weighted by Gasteiger charge is -2.45. The van der Waals surface area contributed by atoms with Crippen LogP contribution in [0, 0.1) is 5.41 Å². The third-order valence-corrected chi connectivity index (χ3v) is 3.99. The third kappa shape index (κ3) is 3.54. The van der Waals surface area contributed by atoms with Crippen LogP contribution in [0.5, 0.6) is 0 Å². The summed E-state index contributed by atoms with van der Waals surface area (Å²) >= 11 is 0. The van der Waals surface area contributed by atoms with E-state index in [0.717, 1.165) is 19.4 Å². The zero-order valence-corrected chi connectivity index (χ0v) is 13.2. The molecule has 18 heavy (non-hydrogen) atoms. The highest BCUT2D eigenvalue weighted by Gasteiger charge is 2.48. The van der Waals surface area contributed by atoms with Gasteiger partial charge in [-0.1, -0.05) is 20.8 Å². The predicted molar refractivity (Wildman–Crippen MR) is 77.4 cm³/mol. The maximum Gasteiger partial charge on any atom is 0.410 e. The zero-order chi connectivity index (χ0) is 13.1. The summed E-state index contributed by atoms with van der Waals surface area (Å²) in [6.45, 7) is 10.2. The number of carbonyl (C=O) groups excluding carboxylic acids is 1. The minimum Gasteiger partial charge on any atom is -0.447 e. The summed E-state index contributed by atoms with van der Waals surface area (Å²) in [5.74, 6) is 0. The largest absolute Gasteiger partial charge is 0.447 e. The molecule has 0 bridgehead atoms. The first-order valence-corrected chi connectivity index (χ1v) is 6.26. The Labute approximate surface area is 117 Å². The SMILES string of the molecule is COCCOC(=O)N1CCC[C@@]1(C)C(C)(C)C.S. The van der Waals surface area contributed by atoms with Crippen molar-refractivity contribution in [3.8, 4) is 0 Å². The van der Waals surface area contributed by atoms with Crippen molar-refractivity contribution < 1.29 is 14.3 Å². The average Bonchev–Trinajstić information content (AvgIpc) is 2.61. The van der Waals surface area contributed by atoms with Crippen LogP contribution in [0.2, 0.25) is 0 Å². The number of likely N-dealkylation sites (tertiary alicyclic amines) is 1. The zero-order valence-electron chi connectivity index (χ0n) is 12.2. The number of ether oxygens (including phenoxy) is 2. The fraction of sp³-hybridized carbons (Fsp3) is 0.923. The first kappa shape index (κ1) is 17.6. The fourth-order valence-electron chi connectivity index (χ4n) is 2.33. The topological polar surface area (TPSA) is 38.8 Å². The molecule has 0 saturated carbocycles. The van der Waals surface area contributed by atoms with Gasteiger partial charge in [-0.3, -0.25) is 0 Å². The van der Waals surface area contributed by atoms with Gasteiger partial charge in [-0.15, -0.1) is 0 Å². The Morgan fingerprint density at radius 2 is 1.94 bits per heavy atom. The molecule has 5 heteroatoms. The molecule has 1 atom stereocenters. The summed E-state index contributed by atoms with van der Waals surface area (Å²) in [5.41, 5.74) is -0.0546. The Hall–Kier alpha value is -0.420. The Bertz CT molecular complexity index is 278. The molecule has 0 aliphatic carbocycles. The normalized spacial score (nSPS) is 23.7. The summed E-state index contributed by atoms with van der Waals surface area (Å²) in [6.07, 6.45) is 1.88. The minimum atomic E-state index is -0.211. The van der Waals surface area contributed by atoms with E-state index in [4.69, 9.17) is 9.47 Å². The van der Waals surface area contributed by atoms with Crippen molar-refractivity contribution in [2.45, 2.75) is 46.1 Å². The van der Waals surface area contributed by atoms with Crippen LogP contribution in [-0.2, 0) is 9.47 Å². The van der Waals surface area contributed by atoms with Crippen molar-refractivity contribution >= 4 is 19.6 Å². The minimum absolute atomic E-state index is 0. The van der Waals surface area contributed by atoms with E-state index >= 15 is 0 Å². The summed E-state index contributed by atoms with van der Waals surface area (Å²) in [6, 6.07) is 0. The van der Waals surface area contributed by atoms with Crippen LogP contribution in [0.15, 0.2) is 0 Å². The van der Waals surface area contributed by atoms with Gasteiger partial charge in [0.15, 0.2) is 0 Å².